The van der Waals surface area contributed by atoms with Gasteiger partial charge in [0.25, 0.3) is 5.69 Å². The molecule has 0 amide bonds. The van der Waals surface area contributed by atoms with Crippen LogP contribution in [0.5, 0.6) is 0 Å². The van der Waals surface area contributed by atoms with Gasteiger partial charge in [0.1, 0.15) is 5.82 Å². The van der Waals surface area contributed by atoms with Gasteiger partial charge in [-0.1, -0.05) is 12.1 Å². The number of hydrogen-bond acceptors (Lipinski definition) is 5. The molecule has 0 aliphatic heterocycles. The van der Waals surface area contributed by atoms with Crippen molar-refractivity contribution >= 4 is 22.3 Å². The Morgan fingerprint density at radius 2 is 2.05 bits per heavy atom. The maximum atomic E-state index is 11.3. The van der Waals surface area contributed by atoms with Crippen molar-refractivity contribution in [3.05, 3.63) is 70.2 Å². The molecule has 0 aliphatic carbocycles. The molecule has 0 bridgehead atoms. The number of nitro groups is 1. The number of rotatable bonds is 4. The molecule has 0 spiro atoms. The molecular formula is C16H14N4O2. The molecule has 2 aromatic heterocycles. The van der Waals surface area contributed by atoms with Crippen LogP contribution in [0, 0.1) is 17.0 Å². The molecule has 1 aromatic carbocycles. The fraction of sp³-hybridized carbons (Fsp3) is 0.125. The monoisotopic (exact) mass is 294 g/mol. The highest BCUT2D eigenvalue weighted by Gasteiger charge is 2.17. The Kier molecular flexibility index (Phi) is 3.65. The van der Waals surface area contributed by atoms with E-state index in [9.17, 15) is 10.1 Å². The Labute approximate surface area is 127 Å². The molecule has 22 heavy (non-hydrogen) atoms. The van der Waals surface area contributed by atoms with Crippen LogP contribution in [0.1, 0.15) is 11.1 Å². The lowest BCUT2D eigenvalue weighted by Gasteiger charge is -2.09. The van der Waals surface area contributed by atoms with Crippen molar-refractivity contribution in [2.75, 3.05) is 5.32 Å². The average Bonchev–Trinajstić information content (AvgIpc) is 2.53. The first-order chi connectivity index (χ1) is 10.7. The first kappa shape index (κ1) is 13.9. The number of aryl methyl sites for hydroxylation is 1. The molecule has 0 radical (unpaired) electrons. The molecule has 6 nitrogen and oxygen atoms in total. The zero-order valence-electron chi connectivity index (χ0n) is 12.0. The average molecular weight is 294 g/mol. The fourth-order valence-electron chi connectivity index (χ4n) is 2.42. The van der Waals surface area contributed by atoms with Gasteiger partial charge in [-0.25, -0.2) is 4.98 Å². The van der Waals surface area contributed by atoms with E-state index in [-0.39, 0.29) is 10.6 Å². The Hall–Kier alpha value is -3.02. The lowest BCUT2D eigenvalue weighted by Crippen LogP contribution is -2.03. The Morgan fingerprint density at radius 1 is 1.18 bits per heavy atom. The van der Waals surface area contributed by atoms with Gasteiger partial charge in [0.15, 0.2) is 0 Å². The summed E-state index contributed by atoms with van der Waals surface area (Å²) >= 11 is 0. The predicted octanol–water partition coefficient (Wildman–Crippen LogP) is 3.46. The van der Waals surface area contributed by atoms with Crippen molar-refractivity contribution in [3.8, 4) is 0 Å². The first-order valence-electron chi connectivity index (χ1n) is 6.82. The van der Waals surface area contributed by atoms with Crippen LogP contribution in [0.2, 0.25) is 0 Å². The highest BCUT2D eigenvalue weighted by atomic mass is 16.6. The van der Waals surface area contributed by atoms with E-state index < -0.39 is 0 Å². The van der Waals surface area contributed by atoms with E-state index in [2.05, 4.69) is 15.3 Å². The van der Waals surface area contributed by atoms with E-state index in [1.807, 2.05) is 18.2 Å². The van der Waals surface area contributed by atoms with Crippen molar-refractivity contribution in [3.63, 3.8) is 0 Å². The van der Waals surface area contributed by atoms with E-state index in [1.165, 1.54) is 0 Å². The number of aromatic nitrogens is 2. The van der Waals surface area contributed by atoms with Crippen molar-refractivity contribution < 1.29 is 4.92 Å². The lowest BCUT2D eigenvalue weighted by atomic mass is 10.1. The van der Waals surface area contributed by atoms with E-state index >= 15 is 0 Å². The van der Waals surface area contributed by atoms with Gasteiger partial charge in [-0.2, -0.15) is 0 Å². The summed E-state index contributed by atoms with van der Waals surface area (Å²) in [6, 6.07) is 9.10. The molecule has 110 valence electrons. The minimum atomic E-state index is -0.345. The SMILES string of the molecule is Cc1ccc2c(NCc3cccnc3)nccc2c1[N+](=O)[O-]. The third kappa shape index (κ3) is 2.58. The van der Waals surface area contributed by atoms with E-state index in [1.54, 1.807) is 37.6 Å². The maximum Gasteiger partial charge on any atom is 0.280 e. The van der Waals surface area contributed by atoms with Crippen LogP contribution in [0.15, 0.2) is 48.9 Å². The number of fused-ring (bicyclic) bond motifs is 1. The quantitative estimate of drug-likeness (QED) is 0.588. The molecular weight excluding hydrogens is 280 g/mol. The van der Waals surface area contributed by atoms with Crippen LogP contribution in [-0.4, -0.2) is 14.9 Å². The molecule has 0 atom stereocenters. The summed E-state index contributed by atoms with van der Waals surface area (Å²) in [5, 5.41) is 15.8. The van der Waals surface area contributed by atoms with Gasteiger partial charge in [-0.3, -0.25) is 15.1 Å². The molecule has 3 aromatic rings. The van der Waals surface area contributed by atoms with Gasteiger partial charge >= 0.3 is 0 Å². The summed E-state index contributed by atoms with van der Waals surface area (Å²) in [5.74, 6) is 0.629. The zero-order chi connectivity index (χ0) is 15.5. The lowest BCUT2D eigenvalue weighted by molar-refractivity contribution is -0.383. The first-order valence-corrected chi connectivity index (χ1v) is 6.82. The summed E-state index contributed by atoms with van der Waals surface area (Å²) < 4.78 is 0. The smallest absolute Gasteiger partial charge is 0.280 e. The number of benzene rings is 1. The van der Waals surface area contributed by atoms with Crippen molar-refractivity contribution in [1.82, 2.24) is 9.97 Å². The molecule has 6 heteroatoms. The van der Waals surface area contributed by atoms with Gasteiger partial charge in [0, 0.05) is 36.1 Å². The number of nitrogens with one attached hydrogen (secondary N) is 1. The summed E-state index contributed by atoms with van der Waals surface area (Å²) in [5.41, 5.74) is 1.79. The summed E-state index contributed by atoms with van der Waals surface area (Å²) in [6.45, 7) is 2.29. The summed E-state index contributed by atoms with van der Waals surface area (Å²) in [6.07, 6.45) is 5.07. The van der Waals surface area contributed by atoms with Crippen molar-refractivity contribution in [2.24, 2.45) is 0 Å². The molecule has 1 N–H and O–H groups in total. The number of pyridine rings is 2. The normalized spacial score (nSPS) is 10.6. The number of nitrogens with zero attached hydrogens (tertiary/aromatic N) is 3. The van der Waals surface area contributed by atoms with Gasteiger partial charge in [-0.15, -0.1) is 0 Å². The second-order valence-corrected chi connectivity index (χ2v) is 4.96. The van der Waals surface area contributed by atoms with Crippen LogP contribution in [0.4, 0.5) is 11.5 Å². The second kappa shape index (κ2) is 5.77. The van der Waals surface area contributed by atoms with Gasteiger partial charge in [0.05, 0.1) is 10.3 Å². The third-order valence-electron chi connectivity index (χ3n) is 3.48. The van der Waals surface area contributed by atoms with Crippen molar-refractivity contribution in [1.29, 1.82) is 0 Å². The minimum absolute atomic E-state index is 0.129. The standard InChI is InChI=1S/C16H14N4O2/c1-11-4-5-14-13(15(11)20(21)22)6-8-18-16(14)19-10-12-3-2-7-17-9-12/h2-9H,10H2,1H3,(H,18,19). The minimum Gasteiger partial charge on any atom is -0.365 e. The van der Waals surface area contributed by atoms with Gasteiger partial charge in [0.2, 0.25) is 0 Å². The largest absolute Gasteiger partial charge is 0.365 e. The number of hydrogen-bond donors (Lipinski definition) is 1. The van der Waals surface area contributed by atoms with Crippen LogP contribution < -0.4 is 5.32 Å². The zero-order valence-corrected chi connectivity index (χ0v) is 12.0. The summed E-state index contributed by atoms with van der Waals surface area (Å²) in [4.78, 5) is 19.3. The molecule has 0 fully saturated rings. The van der Waals surface area contributed by atoms with Gasteiger partial charge in [-0.05, 0) is 30.7 Å². The van der Waals surface area contributed by atoms with Crippen LogP contribution in [0.25, 0.3) is 10.8 Å². The molecule has 0 unspecified atom stereocenters. The van der Waals surface area contributed by atoms with Crippen molar-refractivity contribution in [2.45, 2.75) is 13.5 Å². The summed E-state index contributed by atoms with van der Waals surface area (Å²) in [7, 11) is 0. The Bertz CT molecular complexity index is 834. The molecule has 2 heterocycles. The van der Waals surface area contributed by atoms with E-state index in [4.69, 9.17) is 0 Å². The molecule has 0 saturated carbocycles. The second-order valence-electron chi connectivity index (χ2n) is 4.96. The van der Waals surface area contributed by atoms with Crippen LogP contribution in [0.3, 0.4) is 0 Å². The maximum absolute atomic E-state index is 11.3. The predicted molar refractivity (Wildman–Crippen MR) is 84.7 cm³/mol. The molecule has 0 saturated heterocycles. The molecule has 0 aliphatic rings. The number of nitro benzene ring substituents is 1. The highest BCUT2D eigenvalue weighted by Crippen LogP contribution is 2.32. The highest BCUT2D eigenvalue weighted by molar-refractivity contribution is 5.98. The molecule has 3 rings (SSSR count). The van der Waals surface area contributed by atoms with Crippen LogP contribution in [-0.2, 0) is 6.54 Å². The fourth-order valence-corrected chi connectivity index (χ4v) is 2.42. The third-order valence-corrected chi connectivity index (χ3v) is 3.48. The van der Waals surface area contributed by atoms with E-state index in [0.717, 1.165) is 10.9 Å². The Morgan fingerprint density at radius 3 is 2.77 bits per heavy atom. The topological polar surface area (TPSA) is 81.0 Å². The Balaban J connectivity index is 2.01. The van der Waals surface area contributed by atoms with Crippen LogP contribution >= 0.6 is 0 Å². The van der Waals surface area contributed by atoms with Gasteiger partial charge < -0.3 is 5.32 Å². The number of anilines is 1. The van der Waals surface area contributed by atoms with E-state index in [0.29, 0.717) is 23.3 Å².